The SMILES string of the molecule is CCc1c(C)nc2c(OC)ccc(C)c2c1NC. The van der Waals surface area contributed by atoms with Crippen LogP contribution in [-0.2, 0) is 6.42 Å². The Morgan fingerprint density at radius 2 is 2.00 bits per heavy atom. The number of aryl methyl sites for hydroxylation is 2. The quantitative estimate of drug-likeness (QED) is 0.897. The molecular formula is C15H20N2O. The van der Waals surface area contributed by atoms with Crippen LogP contribution in [0.3, 0.4) is 0 Å². The number of hydrogen-bond acceptors (Lipinski definition) is 3. The van der Waals surface area contributed by atoms with E-state index < -0.39 is 0 Å². The number of methoxy groups -OCH3 is 1. The van der Waals surface area contributed by atoms with E-state index in [9.17, 15) is 0 Å². The van der Waals surface area contributed by atoms with E-state index in [1.807, 2.05) is 13.1 Å². The van der Waals surface area contributed by atoms with Gasteiger partial charge in [0.2, 0.25) is 0 Å². The average molecular weight is 244 g/mol. The van der Waals surface area contributed by atoms with Crippen LogP contribution in [0.25, 0.3) is 10.9 Å². The lowest BCUT2D eigenvalue weighted by Crippen LogP contribution is -2.03. The minimum absolute atomic E-state index is 0.831. The number of anilines is 1. The van der Waals surface area contributed by atoms with Crippen molar-refractivity contribution in [1.29, 1.82) is 0 Å². The molecule has 0 radical (unpaired) electrons. The van der Waals surface area contributed by atoms with E-state index in [4.69, 9.17) is 9.72 Å². The molecule has 0 unspecified atom stereocenters. The van der Waals surface area contributed by atoms with Crippen LogP contribution in [-0.4, -0.2) is 19.1 Å². The van der Waals surface area contributed by atoms with E-state index in [1.54, 1.807) is 7.11 Å². The summed E-state index contributed by atoms with van der Waals surface area (Å²) in [4.78, 5) is 4.72. The highest BCUT2D eigenvalue weighted by atomic mass is 16.5. The number of nitrogens with zero attached hydrogens (tertiary/aromatic N) is 1. The molecule has 18 heavy (non-hydrogen) atoms. The van der Waals surface area contributed by atoms with E-state index in [1.165, 1.54) is 22.2 Å². The Kier molecular flexibility index (Phi) is 3.41. The first-order chi connectivity index (χ1) is 8.63. The fraction of sp³-hybridized carbons (Fsp3) is 0.400. The number of ether oxygens (including phenoxy) is 1. The summed E-state index contributed by atoms with van der Waals surface area (Å²) in [6.45, 7) is 6.33. The summed E-state index contributed by atoms with van der Waals surface area (Å²) < 4.78 is 5.42. The molecule has 1 heterocycles. The highest BCUT2D eigenvalue weighted by Gasteiger charge is 2.15. The molecule has 0 saturated heterocycles. The summed E-state index contributed by atoms with van der Waals surface area (Å²) in [6.07, 6.45) is 0.974. The summed E-state index contributed by atoms with van der Waals surface area (Å²) in [6, 6.07) is 4.06. The van der Waals surface area contributed by atoms with Crippen molar-refractivity contribution in [3.63, 3.8) is 0 Å². The lowest BCUT2D eigenvalue weighted by atomic mass is 10.0. The largest absolute Gasteiger partial charge is 0.494 e. The van der Waals surface area contributed by atoms with Gasteiger partial charge in [-0.15, -0.1) is 0 Å². The molecule has 0 aliphatic heterocycles. The number of aromatic nitrogens is 1. The molecule has 1 aromatic carbocycles. The third kappa shape index (κ3) is 1.80. The Bertz CT molecular complexity index is 591. The molecule has 96 valence electrons. The van der Waals surface area contributed by atoms with Crippen molar-refractivity contribution in [2.24, 2.45) is 0 Å². The highest BCUT2D eigenvalue weighted by Crippen LogP contribution is 2.35. The van der Waals surface area contributed by atoms with E-state index in [-0.39, 0.29) is 0 Å². The molecule has 0 amide bonds. The van der Waals surface area contributed by atoms with Gasteiger partial charge in [0.25, 0.3) is 0 Å². The summed E-state index contributed by atoms with van der Waals surface area (Å²) >= 11 is 0. The molecule has 0 spiro atoms. The van der Waals surface area contributed by atoms with Crippen LogP contribution >= 0.6 is 0 Å². The van der Waals surface area contributed by atoms with Crippen molar-refractivity contribution in [2.45, 2.75) is 27.2 Å². The van der Waals surface area contributed by atoms with Crippen LogP contribution in [0.4, 0.5) is 5.69 Å². The molecule has 2 rings (SSSR count). The van der Waals surface area contributed by atoms with Crippen molar-refractivity contribution < 1.29 is 4.74 Å². The summed E-state index contributed by atoms with van der Waals surface area (Å²) in [5.41, 5.74) is 5.69. The second-order valence-corrected chi connectivity index (χ2v) is 4.46. The second kappa shape index (κ2) is 4.84. The molecule has 3 nitrogen and oxygen atoms in total. The van der Waals surface area contributed by atoms with Gasteiger partial charge in [-0.1, -0.05) is 13.0 Å². The number of fused-ring (bicyclic) bond motifs is 1. The van der Waals surface area contributed by atoms with Gasteiger partial charge in [-0.05, 0) is 37.5 Å². The summed E-state index contributed by atoms with van der Waals surface area (Å²) in [5, 5.41) is 4.49. The second-order valence-electron chi connectivity index (χ2n) is 4.46. The van der Waals surface area contributed by atoms with Gasteiger partial charge in [0, 0.05) is 23.8 Å². The van der Waals surface area contributed by atoms with Gasteiger partial charge in [-0.2, -0.15) is 0 Å². The van der Waals surface area contributed by atoms with Crippen LogP contribution in [0.15, 0.2) is 12.1 Å². The first kappa shape index (κ1) is 12.7. The van der Waals surface area contributed by atoms with Crippen molar-refractivity contribution >= 4 is 16.6 Å². The van der Waals surface area contributed by atoms with E-state index in [2.05, 4.69) is 32.2 Å². The monoisotopic (exact) mass is 244 g/mol. The van der Waals surface area contributed by atoms with Gasteiger partial charge in [-0.25, -0.2) is 4.98 Å². The Hall–Kier alpha value is -1.77. The predicted molar refractivity (Wildman–Crippen MR) is 76.7 cm³/mol. The van der Waals surface area contributed by atoms with Crippen molar-refractivity contribution in [2.75, 3.05) is 19.5 Å². The lowest BCUT2D eigenvalue weighted by molar-refractivity contribution is 0.418. The molecule has 0 aliphatic carbocycles. The van der Waals surface area contributed by atoms with E-state index >= 15 is 0 Å². The number of nitrogens with one attached hydrogen (secondary N) is 1. The number of pyridine rings is 1. The standard InChI is InChI=1S/C15H20N2O/c1-6-11-10(3)17-15-12(18-5)8-7-9(2)13(15)14(11)16-4/h7-8H,6H2,1-5H3,(H,16,17). The van der Waals surface area contributed by atoms with Crippen LogP contribution in [0, 0.1) is 13.8 Å². The Morgan fingerprint density at radius 1 is 1.28 bits per heavy atom. The van der Waals surface area contributed by atoms with Crippen LogP contribution in [0.1, 0.15) is 23.7 Å². The third-order valence-electron chi connectivity index (χ3n) is 3.44. The van der Waals surface area contributed by atoms with Gasteiger partial charge in [0.1, 0.15) is 11.3 Å². The van der Waals surface area contributed by atoms with Crippen molar-refractivity contribution in [3.8, 4) is 5.75 Å². The molecule has 0 aliphatic rings. The molecule has 0 atom stereocenters. The zero-order valence-corrected chi connectivity index (χ0v) is 11.7. The smallest absolute Gasteiger partial charge is 0.145 e. The summed E-state index contributed by atoms with van der Waals surface area (Å²) in [7, 11) is 3.65. The first-order valence-electron chi connectivity index (χ1n) is 6.28. The van der Waals surface area contributed by atoms with E-state index in [0.29, 0.717) is 0 Å². The zero-order valence-electron chi connectivity index (χ0n) is 11.7. The lowest BCUT2D eigenvalue weighted by Gasteiger charge is -2.17. The molecule has 3 heteroatoms. The van der Waals surface area contributed by atoms with Crippen molar-refractivity contribution in [3.05, 3.63) is 29.0 Å². The molecule has 2 aromatic rings. The van der Waals surface area contributed by atoms with Crippen LogP contribution in [0.2, 0.25) is 0 Å². The summed E-state index contributed by atoms with van der Waals surface area (Å²) in [5.74, 6) is 0.831. The highest BCUT2D eigenvalue weighted by molar-refractivity contribution is 5.99. The fourth-order valence-electron chi connectivity index (χ4n) is 2.54. The maximum absolute atomic E-state index is 5.42. The number of rotatable bonds is 3. The normalized spacial score (nSPS) is 10.7. The molecule has 0 fully saturated rings. The van der Waals surface area contributed by atoms with Gasteiger partial charge < -0.3 is 10.1 Å². The van der Waals surface area contributed by atoms with Crippen molar-refractivity contribution in [1.82, 2.24) is 4.98 Å². The Balaban J connectivity index is 2.96. The molecule has 1 N–H and O–H groups in total. The Labute approximate surface area is 108 Å². The minimum Gasteiger partial charge on any atom is -0.494 e. The third-order valence-corrected chi connectivity index (χ3v) is 3.44. The number of benzene rings is 1. The van der Waals surface area contributed by atoms with E-state index in [0.717, 1.165) is 23.4 Å². The topological polar surface area (TPSA) is 34.1 Å². The molecule has 0 bridgehead atoms. The molecular weight excluding hydrogens is 224 g/mol. The average Bonchev–Trinajstić information content (AvgIpc) is 2.37. The van der Waals surface area contributed by atoms with Gasteiger partial charge >= 0.3 is 0 Å². The fourth-order valence-corrected chi connectivity index (χ4v) is 2.54. The first-order valence-corrected chi connectivity index (χ1v) is 6.28. The van der Waals surface area contributed by atoms with Gasteiger partial charge in [-0.3, -0.25) is 0 Å². The number of hydrogen-bond donors (Lipinski definition) is 1. The van der Waals surface area contributed by atoms with Gasteiger partial charge in [0.15, 0.2) is 0 Å². The predicted octanol–water partition coefficient (Wildman–Crippen LogP) is 3.46. The molecule has 1 aromatic heterocycles. The minimum atomic E-state index is 0.831. The Morgan fingerprint density at radius 3 is 2.56 bits per heavy atom. The maximum atomic E-state index is 5.42. The maximum Gasteiger partial charge on any atom is 0.145 e. The van der Waals surface area contributed by atoms with Crippen LogP contribution in [0.5, 0.6) is 5.75 Å². The molecule has 0 saturated carbocycles. The zero-order chi connectivity index (χ0) is 13.3. The van der Waals surface area contributed by atoms with Crippen LogP contribution < -0.4 is 10.1 Å². The van der Waals surface area contributed by atoms with Gasteiger partial charge in [0.05, 0.1) is 7.11 Å².